The van der Waals surface area contributed by atoms with Gasteiger partial charge < -0.3 is 15.4 Å². The van der Waals surface area contributed by atoms with Gasteiger partial charge in [-0.15, -0.1) is 0 Å². The number of carbonyl (C=O) groups excluding carboxylic acids is 1. The second kappa shape index (κ2) is 7.45. The van der Waals surface area contributed by atoms with Crippen molar-refractivity contribution in [3.63, 3.8) is 0 Å². The number of ether oxygens (including phenoxy) is 1. The van der Waals surface area contributed by atoms with Gasteiger partial charge in [-0.2, -0.15) is 0 Å². The molecule has 0 radical (unpaired) electrons. The Balaban J connectivity index is 1.89. The van der Waals surface area contributed by atoms with Gasteiger partial charge in [-0.1, -0.05) is 18.2 Å². The number of hydrogen-bond donors (Lipinski definition) is 2. The van der Waals surface area contributed by atoms with E-state index in [9.17, 15) is 9.18 Å². The van der Waals surface area contributed by atoms with Gasteiger partial charge in [0.15, 0.2) is 11.6 Å². The van der Waals surface area contributed by atoms with Crippen molar-refractivity contribution in [2.24, 2.45) is 0 Å². The highest BCUT2D eigenvalue weighted by molar-refractivity contribution is 5.90. The summed E-state index contributed by atoms with van der Waals surface area (Å²) in [5.74, 6) is -0.234. The van der Waals surface area contributed by atoms with Crippen LogP contribution in [0.15, 0.2) is 42.5 Å². The van der Waals surface area contributed by atoms with E-state index in [1.165, 1.54) is 13.0 Å². The predicted molar refractivity (Wildman–Crippen MR) is 85.9 cm³/mol. The molecule has 0 unspecified atom stereocenters. The number of para-hydroxylation sites is 1. The van der Waals surface area contributed by atoms with Crippen LogP contribution in [0.5, 0.6) is 5.75 Å². The first-order valence-electron chi connectivity index (χ1n) is 7.06. The topological polar surface area (TPSA) is 50.4 Å². The third-order valence-corrected chi connectivity index (χ3v) is 3.16. The molecule has 0 bridgehead atoms. The van der Waals surface area contributed by atoms with E-state index in [2.05, 4.69) is 10.6 Å². The predicted octanol–water partition coefficient (Wildman–Crippen LogP) is 3.58. The van der Waals surface area contributed by atoms with Gasteiger partial charge in [0.1, 0.15) is 6.61 Å². The van der Waals surface area contributed by atoms with E-state index in [1.807, 2.05) is 25.1 Å². The van der Waals surface area contributed by atoms with Crippen LogP contribution in [0, 0.1) is 12.7 Å². The minimum absolute atomic E-state index is 0.108. The van der Waals surface area contributed by atoms with Gasteiger partial charge in [0, 0.05) is 24.8 Å². The molecule has 4 nitrogen and oxygen atoms in total. The van der Waals surface area contributed by atoms with Gasteiger partial charge in [-0.3, -0.25) is 4.79 Å². The maximum Gasteiger partial charge on any atom is 0.221 e. The second-order valence-corrected chi connectivity index (χ2v) is 4.86. The number of halogens is 1. The fourth-order valence-electron chi connectivity index (χ4n) is 2.06. The van der Waals surface area contributed by atoms with E-state index >= 15 is 0 Å². The smallest absolute Gasteiger partial charge is 0.221 e. The van der Waals surface area contributed by atoms with E-state index in [4.69, 9.17) is 4.74 Å². The molecule has 0 saturated carbocycles. The quantitative estimate of drug-likeness (QED) is 0.802. The molecule has 0 heterocycles. The van der Waals surface area contributed by atoms with Crippen molar-refractivity contribution in [3.05, 3.63) is 53.8 Å². The number of amides is 1. The molecule has 2 aromatic carbocycles. The number of rotatable bonds is 6. The summed E-state index contributed by atoms with van der Waals surface area (Å²) in [6, 6.07) is 11.9. The van der Waals surface area contributed by atoms with Crippen LogP contribution in [0.4, 0.5) is 15.8 Å². The highest BCUT2D eigenvalue weighted by Crippen LogP contribution is 2.23. The lowest BCUT2D eigenvalue weighted by Crippen LogP contribution is -2.14. The van der Waals surface area contributed by atoms with Gasteiger partial charge in [0.2, 0.25) is 5.91 Å². The summed E-state index contributed by atoms with van der Waals surface area (Å²) in [4.78, 5) is 11.1. The summed E-state index contributed by atoms with van der Waals surface area (Å²) in [6.45, 7) is 4.26. The molecular formula is C17H19FN2O2. The molecule has 0 spiro atoms. The Morgan fingerprint density at radius 2 is 1.86 bits per heavy atom. The van der Waals surface area contributed by atoms with Crippen molar-refractivity contribution in [1.82, 2.24) is 0 Å². The van der Waals surface area contributed by atoms with Gasteiger partial charge >= 0.3 is 0 Å². The zero-order valence-electron chi connectivity index (χ0n) is 12.7. The van der Waals surface area contributed by atoms with Gasteiger partial charge in [-0.05, 0) is 36.8 Å². The first kappa shape index (κ1) is 15.8. The molecule has 116 valence electrons. The number of benzene rings is 2. The molecule has 0 aromatic heterocycles. The molecule has 2 aromatic rings. The molecule has 0 atom stereocenters. The Bertz CT molecular complexity index is 659. The second-order valence-electron chi connectivity index (χ2n) is 4.86. The number of hydrogen-bond acceptors (Lipinski definition) is 3. The molecule has 5 heteroatoms. The zero-order valence-corrected chi connectivity index (χ0v) is 12.7. The van der Waals surface area contributed by atoms with Crippen LogP contribution >= 0.6 is 0 Å². The average molecular weight is 302 g/mol. The molecule has 0 aliphatic carbocycles. The van der Waals surface area contributed by atoms with Gasteiger partial charge in [-0.25, -0.2) is 4.39 Å². The highest BCUT2D eigenvalue weighted by Gasteiger charge is 2.05. The van der Waals surface area contributed by atoms with Crippen LogP contribution in [0.1, 0.15) is 12.5 Å². The van der Waals surface area contributed by atoms with E-state index in [-0.39, 0.29) is 17.5 Å². The Kier molecular flexibility index (Phi) is 5.36. The number of carbonyl (C=O) groups is 1. The van der Waals surface area contributed by atoms with Crippen LogP contribution in [0.2, 0.25) is 0 Å². The third-order valence-electron chi connectivity index (χ3n) is 3.16. The molecule has 2 rings (SSSR count). The van der Waals surface area contributed by atoms with Crippen LogP contribution < -0.4 is 15.4 Å². The van der Waals surface area contributed by atoms with Crippen LogP contribution in [-0.4, -0.2) is 19.1 Å². The average Bonchev–Trinajstić information content (AvgIpc) is 2.48. The van der Waals surface area contributed by atoms with Crippen LogP contribution in [0.25, 0.3) is 0 Å². The van der Waals surface area contributed by atoms with E-state index in [1.54, 1.807) is 18.2 Å². The van der Waals surface area contributed by atoms with E-state index in [0.29, 0.717) is 13.2 Å². The molecule has 0 fully saturated rings. The lowest BCUT2D eigenvalue weighted by molar-refractivity contribution is -0.114. The van der Waals surface area contributed by atoms with Gasteiger partial charge in [0.05, 0.1) is 0 Å². The van der Waals surface area contributed by atoms with Crippen molar-refractivity contribution in [2.45, 2.75) is 13.8 Å². The van der Waals surface area contributed by atoms with Crippen molar-refractivity contribution in [1.29, 1.82) is 0 Å². The molecule has 0 aliphatic rings. The Labute approximate surface area is 129 Å². The summed E-state index contributed by atoms with van der Waals surface area (Å²) in [5.41, 5.74) is 2.62. The Morgan fingerprint density at radius 1 is 1.14 bits per heavy atom. The zero-order chi connectivity index (χ0) is 15.9. The first-order valence-corrected chi connectivity index (χ1v) is 7.06. The van der Waals surface area contributed by atoms with Crippen molar-refractivity contribution < 1.29 is 13.9 Å². The molecule has 0 aliphatic heterocycles. The van der Waals surface area contributed by atoms with Gasteiger partial charge in [0.25, 0.3) is 0 Å². The minimum atomic E-state index is -0.369. The Hall–Kier alpha value is -2.56. The van der Waals surface area contributed by atoms with Crippen LogP contribution in [-0.2, 0) is 4.79 Å². The normalized spacial score (nSPS) is 10.1. The molecule has 0 saturated heterocycles. The number of anilines is 2. The fourth-order valence-corrected chi connectivity index (χ4v) is 2.06. The highest BCUT2D eigenvalue weighted by atomic mass is 19.1. The maximum absolute atomic E-state index is 13.4. The summed E-state index contributed by atoms with van der Waals surface area (Å²) in [6.07, 6.45) is 0. The molecular weight excluding hydrogens is 283 g/mol. The minimum Gasteiger partial charge on any atom is -0.489 e. The Morgan fingerprint density at radius 3 is 2.59 bits per heavy atom. The van der Waals surface area contributed by atoms with Crippen molar-refractivity contribution in [2.75, 3.05) is 23.8 Å². The molecule has 22 heavy (non-hydrogen) atoms. The summed E-state index contributed by atoms with van der Waals surface area (Å²) >= 11 is 0. The lowest BCUT2D eigenvalue weighted by atomic mass is 10.1. The van der Waals surface area contributed by atoms with Crippen molar-refractivity contribution in [3.8, 4) is 5.75 Å². The fraction of sp³-hybridized carbons (Fsp3) is 0.235. The van der Waals surface area contributed by atoms with Crippen LogP contribution in [0.3, 0.4) is 0 Å². The third kappa shape index (κ3) is 4.22. The SMILES string of the molecule is CC(=O)Nc1cccc(NCCOc2ccccc2F)c1C. The number of nitrogens with one attached hydrogen (secondary N) is 2. The summed E-state index contributed by atoms with van der Waals surface area (Å²) in [7, 11) is 0. The maximum atomic E-state index is 13.4. The van der Waals surface area contributed by atoms with E-state index in [0.717, 1.165) is 16.9 Å². The molecule has 1 amide bonds. The summed E-state index contributed by atoms with van der Waals surface area (Å²) < 4.78 is 18.8. The molecule has 2 N–H and O–H groups in total. The monoisotopic (exact) mass is 302 g/mol. The standard InChI is InChI=1S/C17H19FN2O2/c1-12-15(7-5-8-16(12)20-13(2)21)19-10-11-22-17-9-4-3-6-14(17)18/h3-9,19H,10-11H2,1-2H3,(H,20,21). The van der Waals surface area contributed by atoms with Crippen molar-refractivity contribution >= 4 is 17.3 Å². The van der Waals surface area contributed by atoms with E-state index < -0.39 is 0 Å². The summed E-state index contributed by atoms with van der Waals surface area (Å²) in [5, 5.41) is 5.99. The lowest BCUT2D eigenvalue weighted by Gasteiger charge is -2.14. The largest absolute Gasteiger partial charge is 0.489 e. The first-order chi connectivity index (χ1) is 10.6.